The third-order valence-corrected chi connectivity index (χ3v) is 2.94. The lowest BCUT2D eigenvalue weighted by molar-refractivity contribution is 1.32. The molecule has 0 bridgehead atoms. The van der Waals surface area contributed by atoms with Crippen LogP contribution in [-0.4, -0.2) is 11.5 Å². The minimum atomic E-state index is 0.501. The Bertz CT molecular complexity index is 506. The average Bonchev–Trinajstić information content (AvgIpc) is 2.65. The summed E-state index contributed by atoms with van der Waals surface area (Å²) in [4.78, 5) is 4.20. The molecule has 1 aromatic carbocycles. The molecular weight excluding hydrogens is 230 g/mol. The molecule has 5 heteroatoms. The highest BCUT2D eigenvalue weighted by Crippen LogP contribution is 2.29. The maximum Gasteiger partial charge on any atom is 0.106 e. The molecule has 0 fully saturated rings. The summed E-state index contributed by atoms with van der Waals surface area (Å²) in [7, 11) is 0. The van der Waals surface area contributed by atoms with Crippen molar-refractivity contribution in [2.24, 2.45) is 0 Å². The Hall–Kier alpha value is -1.26. The first-order valence-corrected chi connectivity index (χ1v) is 5.63. The second kappa shape index (κ2) is 4.08. The van der Waals surface area contributed by atoms with E-state index in [2.05, 4.69) is 16.9 Å². The molecule has 0 atom stereocenters. The van der Waals surface area contributed by atoms with E-state index in [0.717, 1.165) is 15.9 Å². The molecule has 15 heavy (non-hydrogen) atoms. The maximum absolute atomic E-state index is 5.96. The van der Waals surface area contributed by atoms with E-state index in [0.29, 0.717) is 17.3 Å². The van der Waals surface area contributed by atoms with Crippen LogP contribution in [0, 0.1) is 0 Å². The zero-order valence-corrected chi connectivity index (χ0v) is 9.53. The van der Waals surface area contributed by atoms with Crippen molar-refractivity contribution in [1.29, 1.82) is 0 Å². The summed E-state index contributed by atoms with van der Waals surface area (Å²) in [6, 6.07) is 3.92. The van der Waals surface area contributed by atoms with Gasteiger partial charge in [0.25, 0.3) is 0 Å². The normalized spacial score (nSPS) is 10.5. The quantitative estimate of drug-likeness (QED) is 0.810. The zero-order valence-electron chi connectivity index (χ0n) is 7.96. The molecule has 0 unspecified atom stereocenters. The standard InChI is InChI=1S/C10H10ClN3S/c1-6(11)4-13-7-2-3-8-10(9(7)12)14-5-15-8/h2-3,5,13H,1,4,12H2. The lowest BCUT2D eigenvalue weighted by atomic mass is 10.2. The van der Waals surface area contributed by atoms with E-state index in [1.54, 1.807) is 16.8 Å². The highest BCUT2D eigenvalue weighted by molar-refractivity contribution is 7.16. The minimum absolute atomic E-state index is 0.501. The first-order chi connectivity index (χ1) is 7.18. The number of nitrogens with zero attached hydrogens (tertiary/aromatic N) is 1. The van der Waals surface area contributed by atoms with Gasteiger partial charge in [-0.05, 0) is 12.1 Å². The molecule has 2 rings (SSSR count). The van der Waals surface area contributed by atoms with E-state index >= 15 is 0 Å². The number of halogens is 1. The Balaban J connectivity index is 2.35. The molecule has 0 spiro atoms. The largest absolute Gasteiger partial charge is 0.395 e. The van der Waals surface area contributed by atoms with Gasteiger partial charge in [0.15, 0.2) is 0 Å². The van der Waals surface area contributed by atoms with Crippen LogP contribution in [0.4, 0.5) is 11.4 Å². The number of fused-ring (bicyclic) bond motifs is 1. The van der Waals surface area contributed by atoms with E-state index in [9.17, 15) is 0 Å². The number of nitrogens with one attached hydrogen (secondary N) is 1. The summed E-state index contributed by atoms with van der Waals surface area (Å²) >= 11 is 7.24. The number of rotatable bonds is 3. The lowest BCUT2D eigenvalue weighted by Crippen LogP contribution is -2.03. The summed E-state index contributed by atoms with van der Waals surface area (Å²) in [5.74, 6) is 0. The van der Waals surface area contributed by atoms with Gasteiger partial charge in [0.05, 0.1) is 28.1 Å². The second-order valence-corrected chi connectivity index (χ2v) is 4.52. The van der Waals surface area contributed by atoms with Crippen LogP contribution in [0.1, 0.15) is 0 Å². The van der Waals surface area contributed by atoms with E-state index in [4.69, 9.17) is 17.3 Å². The number of hydrogen-bond acceptors (Lipinski definition) is 4. The number of benzene rings is 1. The Kier molecular flexibility index (Phi) is 2.79. The fourth-order valence-electron chi connectivity index (χ4n) is 1.30. The summed E-state index contributed by atoms with van der Waals surface area (Å²) in [6.07, 6.45) is 0. The van der Waals surface area contributed by atoms with Crippen molar-refractivity contribution in [3.63, 3.8) is 0 Å². The van der Waals surface area contributed by atoms with Gasteiger partial charge in [0.2, 0.25) is 0 Å². The predicted molar refractivity (Wildman–Crippen MR) is 67.5 cm³/mol. The van der Waals surface area contributed by atoms with Crippen molar-refractivity contribution in [2.75, 3.05) is 17.6 Å². The minimum Gasteiger partial charge on any atom is -0.395 e. The van der Waals surface area contributed by atoms with Gasteiger partial charge in [-0.25, -0.2) is 4.98 Å². The molecule has 0 saturated heterocycles. The van der Waals surface area contributed by atoms with Crippen LogP contribution < -0.4 is 11.1 Å². The Labute approximate surface area is 96.6 Å². The van der Waals surface area contributed by atoms with Crippen LogP contribution in [0.15, 0.2) is 29.3 Å². The molecule has 0 radical (unpaired) electrons. The number of anilines is 2. The van der Waals surface area contributed by atoms with E-state index in [-0.39, 0.29) is 0 Å². The Morgan fingerprint density at radius 2 is 2.40 bits per heavy atom. The number of thiazole rings is 1. The van der Waals surface area contributed by atoms with Crippen molar-refractivity contribution in [3.8, 4) is 0 Å². The van der Waals surface area contributed by atoms with Gasteiger partial charge in [-0.3, -0.25) is 0 Å². The van der Waals surface area contributed by atoms with Gasteiger partial charge in [0, 0.05) is 5.03 Å². The third kappa shape index (κ3) is 2.06. The molecule has 0 aliphatic carbocycles. The van der Waals surface area contributed by atoms with Crippen molar-refractivity contribution < 1.29 is 0 Å². The summed E-state index contributed by atoms with van der Waals surface area (Å²) < 4.78 is 1.09. The van der Waals surface area contributed by atoms with Crippen LogP contribution in [0.5, 0.6) is 0 Å². The molecule has 0 aliphatic heterocycles. The SMILES string of the molecule is C=C(Cl)CNc1ccc2scnc2c1N. The fourth-order valence-corrected chi connectivity index (χ4v) is 2.06. The first kappa shape index (κ1) is 10.3. The summed E-state index contributed by atoms with van der Waals surface area (Å²) in [6.45, 7) is 4.10. The first-order valence-electron chi connectivity index (χ1n) is 4.37. The topological polar surface area (TPSA) is 50.9 Å². The van der Waals surface area contributed by atoms with Gasteiger partial charge in [0.1, 0.15) is 5.52 Å². The molecule has 1 aromatic heterocycles. The van der Waals surface area contributed by atoms with Gasteiger partial charge >= 0.3 is 0 Å². The molecule has 2 aromatic rings. The number of hydrogen-bond donors (Lipinski definition) is 2. The van der Waals surface area contributed by atoms with E-state index in [1.165, 1.54) is 0 Å². The van der Waals surface area contributed by atoms with Crippen molar-refractivity contribution in [1.82, 2.24) is 4.98 Å². The Morgan fingerprint density at radius 1 is 1.60 bits per heavy atom. The van der Waals surface area contributed by atoms with Gasteiger partial charge in [-0.1, -0.05) is 18.2 Å². The average molecular weight is 240 g/mol. The number of nitrogen functional groups attached to an aromatic ring is 1. The fraction of sp³-hybridized carbons (Fsp3) is 0.100. The molecule has 78 valence electrons. The number of aromatic nitrogens is 1. The molecule has 3 N–H and O–H groups in total. The Morgan fingerprint density at radius 3 is 3.13 bits per heavy atom. The van der Waals surface area contributed by atoms with Crippen molar-refractivity contribution >= 4 is 44.5 Å². The summed E-state index contributed by atoms with van der Waals surface area (Å²) in [5.41, 5.74) is 10.1. The number of nitrogens with two attached hydrogens (primary N) is 1. The molecule has 3 nitrogen and oxygen atoms in total. The lowest BCUT2D eigenvalue weighted by Gasteiger charge is -2.08. The molecule has 0 saturated carbocycles. The molecule has 0 aliphatic rings. The second-order valence-electron chi connectivity index (χ2n) is 3.10. The smallest absolute Gasteiger partial charge is 0.106 e. The van der Waals surface area contributed by atoms with E-state index < -0.39 is 0 Å². The molecular formula is C10H10ClN3S. The van der Waals surface area contributed by atoms with Gasteiger partial charge in [-0.15, -0.1) is 11.3 Å². The van der Waals surface area contributed by atoms with Crippen LogP contribution in [0.25, 0.3) is 10.2 Å². The van der Waals surface area contributed by atoms with Gasteiger partial charge in [-0.2, -0.15) is 0 Å². The highest BCUT2D eigenvalue weighted by atomic mass is 35.5. The molecule has 0 amide bonds. The van der Waals surface area contributed by atoms with Gasteiger partial charge < -0.3 is 11.1 Å². The van der Waals surface area contributed by atoms with Crippen LogP contribution in [-0.2, 0) is 0 Å². The zero-order chi connectivity index (χ0) is 10.8. The van der Waals surface area contributed by atoms with Crippen molar-refractivity contribution in [3.05, 3.63) is 29.3 Å². The van der Waals surface area contributed by atoms with Crippen molar-refractivity contribution in [2.45, 2.75) is 0 Å². The summed E-state index contributed by atoms with van der Waals surface area (Å²) in [5, 5.41) is 3.65. The van der Waals surface area contributed by atoms with E-state index in [1.807, 2.05) is 12.1 Å². The van der Waals surface area contributed by atoms with Crippen LogP contribution >= 0.6 is 22.9 Å². The molecule has 1 heterocycles. The maximum atomic E-state index is 5.96. The predicted octanol–water partition coefficient (Wildman–Crippen LogP) is 3.04. The van der Waals surface area contributed by atoms with Crippen LogP contribution in [0.3, 0.4) is 0 Å². The van der Waals surface area contributed by atoms with Crippen LogP contribution in [0.2, 0.25) is 0 Å². The monoisotopic (exact) mass is 239 g/mol. The highest BCUT2D eigenvalue weighted by Gasteiger charge is 2.06. The third-order valence-electron chi connectivity index (χ3n) is 2.01.